The first-order chi connectivity index (χ1) is 9.13. The third-order valence-corrected chi connectivity index (χ3v) is 4.95. The van der Waals surface area contributed by atoms with Crippen molar-refractivity contribution < 1.29 is 9.13 Å². The Hall–Kier alpha value is -0.900. The number of rotatable bonds is 3. The molecule has 98 valence electrons. The van der Waals surface area contributed by atoms with E-state index in [1.54, 1.807) is 12.1 Å². The summed E-state index contributed by atoms with van der Waals surface area (Å²) in [6.45, 7) is 0.597. The van der Waals surface area contributed by atoms with E-state index in [-0.39, 0.29) is 10.6 Å². The number of hydrogen-bond donors (Lipinski definition) is 0. The van der Waals surface area contributed by atoms with Crippen LogP contribution in [0.2, 0.25) is 5.02 Å². The van der Waals surface area contributed by atoms with Gasteiger partial charge in [-0.1, -0.05) is 57.9 Å². The normalized spacial score (nSPS) is 23.1. The molecule has 19 heavy (non-hydrogen) atoms. The van der Waals surface area contributed by atoms with E-state index in [0.29, 0.717) is 11.6 Å². The summed E-state index contributed by atoms with van der Waals surface area (Å²) in [6, 6.07) is 14.1. The van der Waals surface area contributed by atoms with Crippen molar-refractivity contribution in [2.75, 3.05) is 6.61 Å². The maximum atomic E-state index is 13.0. The molecule has 0 saturated carbocycles. The van der Waals surface area contributed by atoms with Gasteiger partial charge < -0.3 is 4.74 Å². The van der Waals surface area contributed by atoms with Crippen molar-refractivity contribution in [1.82, 2.24) is 0 Å². The zero-order valence-electron chi connectivity index (χ0n) is 9.95. The van der Waals surface area contributed by atoms with E-state index in [1.807, 2.05) is 24.3 Å². The van der Waals surface area contributed by atoms with Crippen LogP contribution >= 0.6 is 27.5 Å². The fourth-order valence-electron chi connectivity index (χ4n) is 2.20. The van der Waals surface area contributed by atoms with Crippen molar-refractivity contribution >= 4 is 27.5 Å². The van der Waals surface area contributed by atoms with Crippen LogP contribution in [0.1, 0.15) is 16.0 Å². The van der Waals surface area contributed by atoms with E-state index in [2.05, 4.69) is 15.9 Å². The molecule has 1 heterocycles. The fourth-order valence-corrected chi connectivity index (χ4v) is 3.51. The average molecular weight is 342 g/mol. The molecule has 2 unspecified atom stereocenters. The highest BCUT2D eigenvalue weighted by molar-refractivity contribution is 9.09. The van der Waals surface area contributed by atoms with Crippen molar-refractivity contribution in [3.8, 4) is 0 Å². The Balaban J connectivity index is 1.97. The summed E-state index contributed by atoms with van der Waals surface area (Å²) in [5.41, 5.74) is 1.49. The second kappa shape index (κ2) is 4.89. The molecule has 0 bridgehead atoms. The molecule has 3 rings (SSSR count). The topological polar surface area (TPSA) is 12.5 Å². The zero-order valence-corrected chi connectivity index (χ0v) is 12.3. The van der Waals surface area contributed by atoms with Crippen LogP contribution in [0.3, 0.4) is 0 Å². The van der Waals surface area contributed by atoms with Gasteiger partial charge >= 0.3 is 0 Å². The van der Waals surface area contributed by atoms with E-state index in [4.69, 9.17) is 16.3 Å². The Bertz CT molecular complexity index is 595. The van der Waals surface area contributed by atoms with Crippen LogP contribution in [0.4, 0.5) is 4.39 Å². The number of alkyl halides is 1. The molecule has 0 aliphatic carbocycles. The molecule has 2 atom stereocenters. The van der Waals surface area contributed by atoms with E-state index in [0.717, 1.165) is 11.1 Å². The molecule has 1 nitrogen and oxygen atoms in total. The molecule has 2 aromatic rings. The molecule has 1 fully saturated rings. The van der Waals surface area contributed by atoms with Crippen molar-refractivity contribution in [3.63, 3.8) is 0 Å². The standard InChI is InChI=1S/C15H11BrClFO/c16-14(12-3-1-2-4-13(12)17)15(9-19-15)10-5-7-11(18)8-6-10/h1-8,14H,9H2. The highest BCUT2D eigenvalue weighted by Gasteiger charge is 2.53. The summed E-state index contributed by atoms with van der Waals surface area (Å²) in [4.78, 5) is -0.0563. The summed E-state index contributed by atoms with van der Waals surface area (Å²) in [5, 5.41) is 0.696. The van der Waals surface area contributed by atoms with Crippen molar-refractivity contribution in [2.45, 2.75) is 10.4 Å². The largest absolute Gasteiger partial charge is 0.363 e. The summed E-state index contributed by atoms with van der Waals surface area (Å²) < 4.78 is 18.7. The Labute approximate surface area is 124 Å². The number of halogens is 3. The molecule has 0 aromatic heterocycles. The van der Waals surface area contributed by atoms with Gasteiger partial charge in [0.1, 0.15) is 11.4 Å². The molecule has 0 radical (unpaired) electrons. The van der Waals surface area contributed by atoms with Crippen LogP contribution in [0.5, 0.6) is 0 Å². The van der Waals surface area contributed by atoms with Gasteiger partial charge in [0, 0.05) is 5.02 Å². The maximum absolute atomic E-state index is 13.0. The van der Waals surface area contributed by atoms with Crippen molar-refractivity contribution in [1.29, 1.82) is 0 Å². The molecule has 1 saturated heterocycles. The summed E-state index contributed by atoms with van der Waals surface area (Å²) in [7, 11) is 0. The Morgan fingerprint density at radius 1 is 1.16 bits per heavy atom. The second-order valence-electron chi connectivity index (χ2n) is 4.57. The fraction of sp³-hybridized carbons (Fsp3) is 0.200. The monoisotopic (exact) mass is 340 g/mol. The summed E-state index contributed by atoms with van der Waals surface area (Å²) in [6.07, 6.45) is 0. The van der Waals surface area contributed by atoms with Crippen LogP contribution in [0.15, 0.2) is 48.5 Å². The minimum atomic E-state index is -0.446. The lowest BCUT2D eigenvalue weighted by molar-refractivity contribution is 0.305. The zero-order chi connectivity index (χ0) is 13.5. The van der Waals surface area contributed by atoms with Gasteiger partial charge in [0.15, 0.2) is 0 Å². The molecule has 0 N–H and O–H groups in total. The molecular formula is C15H11BrClFO. The van der Waals surface area contributed by atoms with Crippen LogP contribution in [0.25, 0.3) is 0 Å². The highest BCUT2D eigenvalue weighted by atomic mass is 79.9. The van der Waals surface area contributed by atoms with Gasteiger partial charge in [-0.05, 0) is 29.3 Å². The first-order valence-corrected chi connectivity index (χ1v) is 7.21. The SMILES string of the molecule is Fc1ccc(C2(C(Br)c3ccccc3Cl)CO2)cc1. The lowest BCUT2D eigenvalue weighted by atomic mass is 9.92. The summed E-state index contributed by atoms with van der Waals surface area (Å²) in [5.74, 6) is -0.247. The van der Waals surface area contributed by atoms with Gasteiger partial charge in [-0.25, -0.2) is 4.39 Å². The molecule has 0 spiro atoms. The van der Waals surface area contributed by atoms with E-state index < -0.39 is 5.60 Å². The lowest BCUT2D eigenvalue weighted by Crippen LogP contribution is -2.16. The van der Waals surface area contributed by atoms with E-state index >= 15 is 0 Å². The van der Waals surface area contributed by atoms with Gasteiger partial charge in [0.2, 0.25) is 0 Å². The number of benzene rings is 2. The molecule has 1 aliphatic rings. The summed E-state index contributed by atoms with van der Waals surface area (Å²) >= 11 is 9.89. The molecule has 1 aliphatic heterocycles. The molecule has 2 aromatic carbocycles. The predicted molar refractivity (Wildman–Crippen MR) is 77.2 cm³/mol. The van der Waals surface area contributed by atoms with Crippen LogP contribution in [-0.4, -0.2) is 6.61 Å². The second-order valence-corrected chi connectivity index (χ2v) is 5.89. The third-order valence-electron chi connectivity index (χ3n) is 3.38. The number of ether oxygens (including phenoxy) is 1. The minimum absolute atomic E-state index is 0.0563. The quantitative estimate of drug-likeness (QED) is 0.575. The van der Waals surface area contributed by atoms with E-state index in [9.17, 15) is 4.39 Å². The van der Waals surface area contributed by atoms with Gasteiger partial charge in [0.05, 0.1) is 11.4 Å². The van der Waals surface area contributed by atoms with Crippen LogP contribution < -0.4 is 0 Å². The smallest absolute Gasteiger partial charge is 0.133 e. The van der Waals surface area contributed by atoms with E-state index in [1.165, 1.54) is 12.1 Å². The number of hydrogen-bond acceptors (Lipinski definition) is 1. The first-order valence-electron chi connectivity index (χ1n) is 5.92. The van der Waals surface area contributed by atoms with Gasteiger partial charge in [0.25, 0.3) is 0 Å². The highest BCUT2D eigenvalue weighted by Crippen LogP contribution is 2.54. The van der Waals surface area contributed by atoms with Gasteiger partial charge in [-0.15, -0.1) is 0 Å². The molecule has 4 heteroatoms. The minimum Gasteiger partial charge on any atom is -0.363 e. The van der Waals surface area contributed by atoms with Crippen LogP contribution in [0, 0.1) is 5.82 Å². The average Bonchev–Trinajstić information content (AvgIpc) is 3.21. The Morgan fingerprint density at radius 2 is 1.79 bits per heavy atom. The van der Waals surface area contributed by atoms with Crippen LogP contribution in [-0.2, 0) is 10.3 Å². The molecule has 0 amide bonds. The maximum Gasteiger partial charge on any atom is 0.133 e. The predicted octanol–water partition coefficient (Wildman–Crippen LogP) is 4.84. The molecular weight excluding hydrogens is 331 g/mol. The third kappa shape index (κ3) is 2.31. The van der Waals surface area contributed by atoms with Crippen molar-refractivity contribution in [2.24, 2.45) is 0 Å². The Morgan fingerprint density at radius 3 is 2.37 bits per heavy atom. The first kappa shape index (κ1) is 13.1. The number of epoxide rings is 1. The van der Waals surface area contributed by atoms with Gasteiger partial charge in [-0.2, -0.15) is 0 Å². The van der Waals surface area contributed by atoms with Gasteiger partial charge in [-0.3, -0.25) is 0 Å². The lowest BCUT2D eigenvalue weighted by Gasteiger charge is -2.20. The van der Waals surface area contributed by atoms with Crippen molar-refractivity contribution in [3.05, 3.63) is 70.5 Å². The Kier molecular flexibility index (Phi) is 3.37.